The molecule has 0 aliphatic carbocycles. The monoisotopic (exact) mass is 2090 g/mol. The molecule has 0 spiro atoms. The van der Waals surface area contributed by atoms with Crippen molar-refractivity contribution in [3.63, 3.8) is 0 Å². The number of aliphatic hydroxyl groups excluding tert-OH is 6. The zero-order chi connectivity index (χ0) is 82.7. The predicted octanol–water partition coefficient (Wildman–Crippen LogP) is 22.8. The van der Waals surface area contributed by atoms with Gasteiger partial charge in [-0.15, -0.1) is 106 Å². The first kappa shape index (κ1) is 100. The van der Waals surface area contributed by atoms with Crippen molar-refractivity contribution in [1.29, 1.82) is 0 Å². The first-order chi connectivity index (χ1) is 53.5. The molecule has 12 rings (SSSR count). The summed E-state index contributed by atoms with van der Waals surface area (Å²) in [5.41, 5.74) is 23.9. The molecule has 12 aromatic rings. The third-order valence-corrected chi connectivity index (χ3v) is 20.0. The molecule has 3 heterocycles. The molecule has 3 radical (unpaired) electrons. The van der Waals surface area contributed by atoms with Crippen LogP contribution in [0.3, 0.4) is 0 Å². The summed E-state index contributed by atoms with van der Waals surface area (Å²) in [5, 5.41) is 56.9. The summed E-state index contributed by atoms with van der Waals surface area (Å²) < 4.78 is 0. The second-order valence-electron chi connectivity index (χ2n) is 33.2. The van der Waals surface area contributed by atoms with Crippen LogP contribution in [0.15, 0.2) is 237 Å². The molecule has 6 atom stereocenters. The van der Waals surface area contributed by atoms with E-state index in [2.05, 4.69) is 212 Å². The molecular weight excluding hydrogens is 1970 g/mol. The summed E-state index contributed by atoms with van der Waals surface area (Å²) in [7, 11) is 0. The van der Waals surface area contributed by atoms with Gasteiger partial charge in [0.25, 0.3) is 0 Å². The second kappa shape index (κ2) is 48.1. The fraction of sp³-hybridized carbons (Fsp3) is 0.347. The van der Waals surface area contributed by atoms with Crippen LogP contribution >= 0.6 is 0 Å². The maximum absolute atomic E-state index is 9.95. The van der Waals surface area contributed by atoms with Crippen molar-refractivity contribution < 1.29 is 91.0 Å². The first-order valence-electron chi connectivity index (χ1n) is 39.5. The number of aliphatic hydroxyl groups is 6. The number of benzene rings is 9. The van der Waals surface area contributed by atoms with E-state index >= 15 is 0 Å². The van der Waals surface area contributed by atoms with E-state index in [1.54, 1.807) is 6.92 Å². The van der Waals surface area contributed by atoms with Crippen LogP contribution in [-0.2, 0) is 60.3 Å². The largest absolute Gasteiger partial charge is 0.393 e. The standard InChI is InChI=1S/3C24H19N2.C12H26O2.C9H20O2.C8H18O2.3Ir/c3*1-17-8-12-20(13-9-17)23-24(21-14-10-18(2)11-15-21)26-22(16-25-23)19-6-4-3-5-7-19;1-7-12(5,6)10(14)8-9(13)11(2,3)4;1-6(2)8(10)5-9(11)7(3)4;1-6(9)5-7(10)8(2,3)4;;;/h3*3-12,14-16H,1-2H3;9-10,13-14H,7-8H2,1-6H3;6-11H,5H2,1-4H3;6-7,9-10H,5H2,1-4H3;;;/q3*-1;;;;;;. The van der Waals surface area contributed by atoms with Gasteiger partial charge >= 0.3 is 0 Å². The Kier molecular flexibility index (Phi) is 41.6. The summed E-state index contributed by atoms with van der Waals surface area (Å²) >= 11 is 0. The van der Waals surface area contributed by atoms with Crippen molar-refractivity contribution in [3.8, 4) is 101 Å². The Labute approximate surface area is 733 Å². The molecule has 15 heteroatoms. The number of hydrogen-bond acceptors (Lipinski definition) is 12. The Morgan fingerprint density at radius 3 is 0.776 bits per heavy atom. The number of rotatable bonds is 19. The van der Waals surface area contributed by atoms with Crippen molar-refractivity contribution in [2.24, 2.45) is 28.1 Å². The van der Waals surface area contributed by atoms with Gasteiger partial charge in [-0.2, -0.15) is 0 Å². The van der Waals surface area contributed by atoms with Crippen LogP contribution in [0, 0.1) is 87.8 Å². The van der Waals surface area contributed by atoms with Gasteiger partial charge in [0, 0.05) is 119 Å². The third-order valence-electron chi connectivity index (χ3n) is 20.0. The van der Waals surface area contributed by atoms with Crippen molar-refractivity contribution in [3.05, 3.63) is 289 Å². The van der Waals surface area contributed by atoms with E-state index in [1.807, 2.05) is 174 Å². The summed E-state index contributed by atoms with van der Waals surface area (Å²) in [4.78, 5) is 29.2. The Balaban J connectivity index is 0.000000303. The molecule has 0 bridgehead atoms. The van der Waals surface area contributed by atoms with Gasteiger partial charge in [0.2, 0.25) is 0 Å². The van der Waals surface area contributed by atoms with E-state index < -0.39 is 24.4 Å². The van der Waals surface area contributed by atoms with E-state index in [-0.39, 0.29) is 101 Å². The normalized spacial score (nSPS) is 12.6. The van der Waals surface area contributed by atoms with Gasteiger partial charge in [0.1, 0.15) is 0 Å². The number of aromatic nitrogens is 6. The van der Waals surface area contributed by atoms with E-state index in [1.165, 1.54) is 33.4 Å². The van der Waals surface area contributed by atoms with Gasteiger partial charge in [0.05, 0.1) is 70.8 Å². The molecular formula is C101H121Ir3N6O6-3. The molecule has 6 N–H and O–H groups in total. The Hall–Kier alpha value is -8.07. The van der Waals surface area contributed by atoms with Crippen LogP contribution < -0.4 is 0 Å². The molecule has 0 aliphatic rings. The molecule has 621 valence electrons. The van der Waals surface area contributed by atoms with Crippen LogP contribution in [0.25, 0.3) is 101 Å². The molecule has 9 aromatic carbocycles. The van der Waals surface area contributed by atoms with E-state index in [4.69, 9.17) is 35.0 Å². The SMILES string of the molecule is CC(C)C(O)CC(O)C(C)C.CC(O)CC(O)C(C)(C)C.CCC(C)(C)C(O)CC(O)C(C)(C)C.Cc1c[c-]c(-c2ncc(-c3ccccc3)nc2-c2ccc(C)cc2)cc1.Cc1c[c-]c(-c2ncc(-c3ccccc3)nc2-c2ccc(C)cc2)cc1.Cc1c[c-]c(-c2ncc(-c3ccccc3)nc2-c2ccc(C)cc2)cc1.[Ir].[Ir].[Ir]. The van der Waals surface area contributed by atoms with Crippen molar-refractivity contribution >= 4 is 0 Å². The zero-order valence-corrected chi connectivity index (χ0v) is 78.5. The molecule has 116 heavy (non-hydrogen) atoms. The van der Waals surface area contributed by atoms with Crippen LogP contribution in [0.4, 0.5) is 0 Å². The predicted molar refractivity (Wildman–Crippen MR) is 468 cm³/mol. The maximum Gasteiger partial charge on any atom is 0.0873 e. The fourth-order valence-electron chi connectivity index (χ4n) is 11.3. The maximum atomic E-state index is 9.95. The molecule has 3 aromatic heterocycles. The quantitative estimate of drug-likeness (QED) is 0.0420. The minimum atomic E-state index is -0.441. The minimum Gasteiger partial charge on any atom is -0.393 e. The van der Waals surface area contributed by atoms with Gasteiger partial charge in [-0.05, 0) is 91.7 Å². The van der Waals surface area contributed by atoms with E-state index in [0.29, 0.717) is 19.3 Å². The Morgan fingerprint density at radius 1 is 0.302 bits per heavy atom. The molecule has 0 saturated carbocycles. The van der Waals surface area contributed by atoms with Crippen molar-refractivity contribution in [2.45, 2.75) is 201 Å². The molecule has 0 aliphatic heterocycles. The zero-order valence-electron chi connectivity index (χ0n) is 71.3. The third kappa shape index (κ3) is 31.7. The second-order valence-corrected chi connectivity index (χ2v) is 33.2. The topological polar surface area (TPSA) is 199 Å². The smallest absolute Gasteiger partial charge is 0.0873 e. The summed E-state index contributed by atoms with van der Waals surface area (Å²) in [5.74, 6) is 0.479. The molecule has 0 saturated heterocycles. The summed E-state index contributed by atoms with van der Waals surface area (Å²) in [6.07, 6.45) is 5.45. The summed E-state index contributed by atoms with van der Waals surface area (Å²) in [6, 6.07) is 84.1. The minimum absolute atomic E-state index is 0. The number of nitrogens with zero attached hydrogens (tertiary/aromatic N) is 6. The summed E-state index contributed by atoms with van der Waals surface area (Å²) in [6.45, 7) is 39.9. The van der Waals surface area contributed by atoms with Gasteiger partial charge in [-0.1, -0.05) is 291 Å². The molecule has 6 unspecified atom stereocenters. The van der Waals surface area contributed by atoms with E-state index in [9.17, 15) is 25.5 Å². The van der Waals surface area contributed by atoms with Crippen LogP contribution in [0.5, 0.6) is 0 Å². The van der Waals surface area contributed by atoms with Crippen LogP contribution in [0.2, 0.25) is 0 Å². The average molecular weight is 2090 g/mol. The average Bonchev–Trinajstić information content (AvgIpc) is 0.803. The van der Waals surface area contributed by atoms with Gasteiger partial charge < -0.3 is 45.6 Å². The fourth-order valence-corrected chi connectivity index (χ4v) is 11.3. The first-order valence-corrected chi connectivity index (χ1v) is 39.5. The molecule has 0 fully saturated rings. The van der Waals surface area contributed by atoms with Gasteiger partial charge in [0.15, 0.2) is 0 Å². The Bertz CT molecular complexity index is 4370. The number of hydrogen-bond donors (Lipinski definition) is 6. The molecule has 0 amide bonds. The van der Waals surface area contributed by atoms with Crippen LogP contribution in [0.1, 0.15) is 156 Å². The Morgan fingerprint density at radius 2 is 0.560 bits per heavy atom. The number of aryl methyl sites for hydroxylation is 6. The van der Waals surface area contributed by atoms with E-state index in [0.717, 1.165) is 108 Å². The van der Waals surface area contributed by atoms with Gasteiger partial charge in [-0.25, -0.2) is 0 Å². The van der Waals surface area contributed by atoms with Crippen LogP contribution in [-0.4, -0.2) is 97.2 Å². The van der Waals surface area contributed by atoms with Crippen molar-refractivity contribution in [1.82, 2.24) is 29.9 Å². The van der Waals surface area contributed by atoms with Crippen molar-refractivity contribution in [2.75, 3.05) is 0 Å². The van der Waals surface area contributed by atoms with Gasteiger partial charge in [-0.3, -0.25) is 15.0 Å². The molecule has 12 nitrogen and oxygen atoms in total.